The van der Waals surface area contributed by atoms with Crippen LogP contribution in [0.1, 0.15) is 44.0 Å². The van der Waals surface area contributed by atoms with E-state index in [1.165, 1.54) is 0 Å². The lowest BCUT2D eigenvalue weighted by Gasteiger charge is -2.19. The molecule has 1 aliphatic rings. The molecule has 1 fully saturated rings. The highest BCUT2D eigenvalue weighted by Gasteiger charge is 2.22. The number of anilines is 1. The minimum atomic E-state index is -0.522. The number of nitrogens with one attached hydrogen (secondary N) is 2. The number of aromatic nitrogens is 1. The quantitative estimate of drug-likeness (QED) is 0.758. The number of hydrogen-bond donors (Lipinski definition) is 2. The van der Waals surface area contributed by atoms with Crippen molar-refractivity contribution in [2.75, 3.05) is 11.9 Å². The van der Waals surface area contributed by atoms with Crippen molar-refractivity contribution in [1.29, 1.82) is 0 Å². The highest BCUT2D eigenvalue weighted by Crippen LogP contribution is 2.21. The van der Waals surface area contributed by atoms with Crippen LogP contribution in [0, 0.1) is 0 Å². The van der Waals surface area contributed by atoms with E-state index in [2.05, 4.69) is 15.6 Å². The van der Waals surface area contributed by atoms with Crippen molar-refractivity contribution in [1.82, 2.24) is 10.3 Å². The Morgan fingerprint density at radius 2 is 1.86 bits per heavy atom. The number of benzene rings is 1. The SMILES string of the molecule is CC(C)(C)OC(=O)c1ccc(-c2ccc(NC(=O)[C@H]3CCCN3)cn2)cc1.Cl. The Morgan fingerprint density at radius 1 is 1.14 bits per heavy atom. The van der Waals surface area contributed by atoms with Crippen LogP contribution in [0.25, 0.3) is 11.3 Å². The summed E-state index contributed by atoms with van der Waals surface area (Å²) in [5, 5.41) is 6.06. The first-order chi connectivity index (χ1) is 12.8. The van der Waals surface area contributed by atoms with Gasteiger partial charge in [-0.05, 0) is 64.4 Å². The third-order valence-corrected chi connectivity index (χ3v) is 4.22. The van der Waals surface area contributed by atoms with Crippen molar-refractivity contribution in [2.24, 2.45) is 0 Å². The fourth-order valence-electron chi connectivity index (χ4n) is 2.89. The first kappa shape index (κ1) is 21.9. The first-order valence-electron chi connectivity index (χ1n) is 9.16. The Kier molecular flexibility index (Phi) is 7.16. The molecule has 7 heteroatoms. The van der Waals surface area contributed by atoms with Gasteiger partial charge in [0.2, 0.25) is 5.91 Å². The Labute approximate surface area is 171 Å². The molecule has 0 spiro atoms. The number of carbonyl (C=O) groups is 2. The number of hydrogen-bond acceptors (Lipinski definition) is 5. The lowest BCUT2D eigenvalue weighted by atomic mass is 10.1. The molecule has 1 atom stereocenters. The molecule has 2 heterocycles. The van der Waals surface area contributed by atoms with E-state index in [-0.39, 0.29) is 30.3 Å². The molecule has 1 amide bonds. The van der Waals surface area contributed by atoms with Crippen LogP contribution in [0.3, 0.4) is 0 Å². The van der Waals surface area contributed by atoms with Gasteiger partial charge >= 0.3 is 5.97 Å². The van der Waals surface area contributed by atoms with E-state index in [1.807, 2.05) is 45.0 Å². The van der Waals surface area contributed by atoms with E-state index in [9.17, 15) is 9.59 Å². The zero-order valence-corrected chi connectivity index (χ0v) is 17.1. The molecule has 1 aromatic heterocycles. The number of ether oxygens (including phenoxy) is 1. The van der Waals surface area contributed by atoms with E-state index in [0.717, 1.165) is 30.6 Å². The molecule has 28 heavy (non-hydrogen) atoms. The van der Waals surface area contributed by atoms with Crippen LogP contribution in [0.15, 0.2) is 42.6 Å². The second-order valence-corrected chi connectivity index (χ2v) is 7.65. The minimum Gasteiger partial charge on any atom is -0.456 e. The molecule has 1 aromatic carbocycles. The molecular formula is C21H26ClN3O3. The van der Waals surface area contributed by atoms with Gasteiger partial charge in [-0.1, -0.05) is 12.1 Å². The molecule has 0 radical (unpaired) electrons. The highest BCUT2D eigenvalue weighted by atomic mass is 35.5. The lowest BCUT2D eigenvalue weighted by Crippen LogP contribution is -2.35. The van der Waals surface area contributed by atoms with Gasteiger partial charge in [0.05, 0.1) is 29.2 Å². The average molecular weight is 404 g/mol. The number of carbonyl (C=O) groups excluding carboxylic acids is 2. The third-order valence-electron chi connectivity index (χ3n) is 4.22. The lowest BCUT2D eigenvalue weighted by molar-refractivity contribution is -0.117. The monoisotopic (exact) mass is 403 g/mol. The predicted molar refractivity (Wildman–Crippen MR) is 112 cm³/mol. The number of nitrogens with zero attached hydrogens (tertiary/aromatic N) is 1. The number of pyridine rings is 1. The molecule has 150 valence electrons. The van der Waals surface area contributed by atoms with Gasteiger partial charge in [-0.3, -0.25) is 9.78 Å². The van der Waals surface area contributed by atoms with Crippen molar-refractivity contribution in [3.8, 4) is 11.3 Å². The van der Waals surface area contributed by atoms with Crippen LogP contribution < -0.4 is 10.6 Å². The highest BCUT2D eigenvalue weighted by molar-refractivity contribution is 5.95. The van der Waals surface area contributed by atoms with Crippen LogP contribution in [0.5, 0.6) is 0 Å². The summed E-state index contributed by atoms with van der Waals surface area (Å²) in [6.45, 7) is 6.40. The Bertz CT molecular complexity index is 808. The molecular weight excluding hydrogens is 378 g/mol. The summed E-state index contributed by atoms with van der Waals surface area (Å²) in [5.74, 6) is -0.371. The Hall–Kier alpha value is -2.44. The zero-order chi connectivity index (χ0) is 19.4. The molecule has 0 bridgehead atoms. The Balaban J connectivity index is 0.00000280. The second kappa shape index (κ2) is 9.17. The number of rotatable bonds is 4. The van der Waals surface area contributed by atoms with Crippen LogP contribution in [-0.2, 0) is 9.53 Å². The molecule has 2 N–H and O–H groups in total. The third kappa shape index (κ3) is 5.78. The maximum absolute atomic E-state index is 12.1. The second-order valence-electron chi connectivity index (χ2n) is 7.65. The number of esters is 1. The van der Waals surface area contributed by atoms with Crippen molar-refractivity contribution in [2.45, 2.75) is 45.3 Å². The Morgan fingerprint density at radius 3 is 2.39 bits per heavy atom. The van der Waals surface area contributed by atoms with Gasteiger partial charge in [0.1, 0.15) is 5.60 Å². The van der Waals surface area contributed by atoms with Crippen LogP contribution in [-0.4, -0.2) is 35.0 Å². The van der Waals surface area contributed by atoms with Gasteiger partial charge in [0.15, 0.2) is 0 Å². The van der Waals surface area contributed by atoms with Crippen molar-refractivity contribution < 1.29 is 14.3 Å². The molecule has 1 aliphatic heterocycles. The maximum atomic E-state index is 12.1. The number of amides is 1. The van der Waals surface area contributed by atoms with E-state index in [4.69, 9.17) is 4.74 Å². The van der Waals surface area contributed by atoms with Gasteiger partial charge in [-0.15, -0.1) is 12.4 Å². The van der Waals surface area contributed by atoms with Gasteiger partial charge in [-0.25, -0.2) is 4.79 Å². The molecule has 2 aromatic rings. The number of halogens is 1. The zero-order valence-electron chi connectivity index (χ0n) is 16.3. The molecule has 6 nitrogen and oxygen atoms in total. The van der Waals surface area contributed by atoms with Gasteiger partial charge in [0, 0.05) is 5.56 Å². The average Bonchev–Trinajstić information content (AvgIpc) is 3.16. The molecule has 1 saturated heterocycles. The summed E-state index contributed by atoms with van der Waals surface area (Å²) in [4.78, 5) is 28.6. The summed E-state index contributed by atoms with van der Waals surface area (Å²) in [7, 11) is 0. The van der Waals surface area contributed by atoms with Gasteiger partial charge in [0.25, 0.3) is 0 Å². The van der Waals surface area contributed by atoms with Crippen molar-refractivity contribution >= 4 is 30.0 Å². The molecule has 0 saturated carbocycles. The minimum absolute atomic E-state index is 0. The molecule has 3 rings (SSSR count). The van der Waals surface area contributed by atoms with E-state index < -0.39 is 5.60 Å². The van der Waals surface area contributed by atoms with Crippen LogP contribution >= 0.6 is 12.4 Å². The summed E-state index contributed by atoms with van der Waals surface area (Å²) in [6, 6.07) is 10.7. The van der Waals surface area contributed by atoms with E-state index >= 15 is 0 Å². The summed E-state index contributed by atoms with van der Waals surface area (Å²) >= 11 is 0. The maximum Gasteiger partial charge on any atom is 0.338 e. The largest absolute Gasteiger partial charge is 0.456 e. The summed E-state index contributed by atoms with van der Waals surface area (Å²) in [6.07, 6.45) is 3.53. The normalized spacial score (nSPS) is 16.2. The fourth-order valence-corrected chi connectivity index (χ4v) is 2.89. The van der Waals surface area contributed by atoms with Gasteiger partial charge in [-0.2, -0.15) is 0 Å². The van der Waals surface area contributed by atoms with Crippen molar-refractivity contribution in [3.63, 3.8) is 0 Å². The molecule has 0 unspecified atom stereocenters. The van der Waals surface area contributed by atoms with E-state index in [1.54, 1.807) is 18.3 Å². The first-order valence-corrected chi connectivity index (χ1v) is 9.16. The van der Waals surface area contributed by atoms with Gasteiger partial charge < -0.3 is 15.4 Å². The summed E-state index contributed by atoms with van der Waals surface area (Å²) < 4.78 is 5.36. The standard InChI is InChI=1S/C21H25N3O3.ClH/c1-21(2,3)27-20(26)15-8-6-14(7-9-15)17-11-10-16(13-23-17)24-19(25)18-5-4-12-22-18;/h6-11,13,18,22H,4-5,12H2,1-3H3,(H,24,25);1H/t18-;/m1./s1. The van der Waals surface area contributed by atoms with Crippen molar-refractivity contribution in [3.05, 3.63) is 48.2 Å². The summed E-state index contributed by atoms with van der Waals surface area (Å²) in [5.41, 5.74) is 2.30. The van der Waals surface area contributed by atoms with Crippen LogP contribution in [0.4, 0.5) is 5.69 Å². The molecule has 0 aliphatic carbocycles. The topological polar surface area (TPSA) is 80.3 Å². The smallest absolute Gasteiger partial charge is 0.338 e. The van der Waals surface area contributed by atoms with E-state index in [0.29, 0.717) is 11.3 Å². The van der Waals surface area contributed by atoms with Crippen LogP contribution in [0.2, 0.25) is 0 Å². The predicted octanol–water partition coefficient (Wildman–Crippen LogP) is 3.82. The fraction of sp³-hybridized carbons (Fsp3) is 0.381.